The third-order valence-electron chi connectivity index (χ3n) is 3.24. The first-order valence-corrected chi connectivity index (χ1v) is 6.61. The molecule has 0 unspecified atom stereocenters. The van der Waals surface area contributed by atoms with E-state index in [0.717, 1.165) is 31.7 Å². The van der Waals surface area contributed by atoms with Gasteiger partial charge in [0.1, 0.15) is 5.82 Å². The lowest BCUT2D eigenvalue weighted by atomic mass is 10.1. The van der Waals surface area contributed by atoms with Crippen molar-refractivity contribution in [1.29, 1.82) is 0 Å². The second kappa shape index (κ2) is 7.28. The highest BCUT2D eigenvalue weighted by atomic mass is 15.2. The Morgan fingerprint density at radius 2 is 2.00 bits per heavy atom. The molecule has 0 amide bonds. The Hall–Kier alpha value is -1.09. The van der Waals surface area contributed by atoms with Crippen molar-refractivity contribution < 1.29 is 0 Å². The first-order valence-electron chi connectivity index (χ1n) is 6.61. The number of pyridine rings is 1. The van der Waals surface area contributed by atoms with Crippen molar-refractivity contribution in [3.63, 3.8) is 0 Å². The number of rotatable bonds is 7. The minimum Gasteiger partial charge on any atom is -0.357 e. The van der Waals surface area contributed by atoms with Crippen molar-refractivity contribution in [2.24, 2.45) is 0 Å². The molecule has 0 fully saturated rings. The Morgan fingerprint density at radius 3 is 2.59 bits per heavy atom. The summed E-state index contributed by atoms with van der Waals surface area (Å²) in [6, 6.07) is 4.84. The average Bonchev–Trinajstić information content (AvgIpc) is 2.38. The Morgan fingerprint density at radius 1 is 1.29 bits per heavy atom. The summed E-state index contributed by atoms with van der Waals surface area (Å²) in [7, 11) is 2.14. The Labute approximate surface area is 105 Å². The largest absolute Gasteiger partial charge is 0.357 e. The van der Waals surface area contributed by atoms with Crippen LogP contribution in [0.2, 0.25) is 0 Å². The first kappa shape index (κ1) is 14.0. The zero-order chi connectivity index (χ0) is 12.7. The van der Waals surface area contributed by atoms with Gasteiger partial charge in [-0.3, -0.25) is 0 Å². The predicted molar refractivity (Wildman–Crippen MR) is 74.4 cm³/mol. The molecule has 0 bridgehead atoms. The molecule has 0 aliphatic carbocycles. The van der Waals surface area contributed by atoms with Gasteiger partial charge in [0.2, 0.25) is 0 Å². The van der Waals surface area contributed by atoms with Crippen LogP contribution in [0, 0.1) is 0 Å². The van der Waals surface area contributed by atoms with Gasteiger partial charge in [0.15, 0.2) is 0 Å². The van der Waals surface area contributed by atoms with Crippen molar-refractivity contribution in [1.82, 2.24) is 10.3 Å². The van der Waals surface area contributed by atoms with E-state index in [2.05, 4.69) is 55.2 Å². The van der Waals surface area contributed by atoms with E-state index in [0.29, 0.717) is 6.04 Å². The molecule has 1 aromatic rings. The van der Waals surface area contributed by atoms with E-state index >= 15 is 0 Å². The number of hydrogen-bond acceptors (Lipinski definition) is 3. The molecule has 0 aromatic carbocycles. The monoisotopic (exact) mass is 235 g/mol. The lowest BCUT2D eigenvalue weighted by Crippen LogP contribution is -2.31. The number of aromatic nitrogens is 1. The molecule has 1 aromatic heterocycles. The molecule has 0 saturated carbocycles. The standard InChI is InChI=1S/C14H25N3/c1-5-13(6-2)17(4)14-10-12(8-9-16-14)11-15-7-3/h8-10,13,15H,5-7,11H2,1-4H3. The lowest BCUT2D eigenvalue weighted by molar-refractivity contribution is 0.586. The van der Waals surface area contributed by atoms with Crippen LogP contribution in [0.5, 0.6) is 0 Å². The summed E-state index contributed by atoms with van der Waals surface area (Å²) in [5, 5.41) is 3.34. The van der Waals surface area contributed by atoms with Gasteiger partial charge < -0.3 is 10.2 Å². The highest BCUT2D eigenvalue weighted by Crippen LogP contribution is 2.17. The summed E-state index contributed by atoms with van der Waals surface area (Å²) < 4.78 is 0. The van der Waals surface area contributed by atoms with Crippen LogP contribution in [-0.2, 0) is 6.54 Å². The fourth-order valence-electron chi connectivity index (χ4n) is 2.06. The van der Waals surface area contributed by atoms with Crippen LogP contribution in [-0.4, -0.2) is 24.6 Å². The number of nitrogens with zero attached hydrogens (tertiary/aromatic N) is 2. The van der Waals surface area contributed by atoms with Crippen molar-refractivity contribution in [3.8, 4) is 0 Å². The molecule has 1 rings (SSSR count). The van der Waals surface area contributed by atoms with Crippen LogP contribution >= 0.6 is 0 Å². The number of hydrogen-bond donors (Lipinski definition) is 1. The molecule has 0 saturated heterocycles. The number of anilines is 1. The molecule has 0 radical (unpaired) electrons. The Balaban J connectivity index is 2.75. The van der Waals surface area contributed by atoms with Gasteiger partial charge >= 0.3 is 0 Å². The molecular weight excluding hydrogens is 210 g/mol. The highest BCUT2D eigenvalue weighted by molar-refractivity contribution is 5.41. The molecule has 0 aliphatic rings. The summed E-state index contributed by atoms with van der Waals surface area (Å²) in [6.07, 6.45) is 4.22. The van der Waals surface area contributed by atoms with Crippen LogP contribution in [0.3, 0.4) is 0 Å². The van der Waals surface area contributed by atoms with Crippen LogP contribution < -0.4 is 10.2 Å². The Kier molecular flexibility index (Phi) is 5.98. The van der Waals surface area contributed by atoms with E-state index in [1.807, 2.05) is 6.20 Å². The molecular formula is C14H25N3. The van der Waals surface area contributed by atoms with Crippen LogP contribution in [0.25, 0.3) is 0 Å². The maximum atomic E-state index is 4.46. The van der Waals surface area contributed by atoms with Gasteiger partial charge in [-0.05, 0) is 37.1 Å². The quantitative estimate of drug-likeness (QED) is 0.787. The molecule has 0 aliphatic heterocycles. The van der Waals surface area contributed by atoms with Crippen LogP contribution in [0.4, 0.5) is 5.82 Å². The van der Waals surface area contributed by atoms with Crippen molar-refractivity contribution in [3.05, 3.63) is 23.9 Å². The molecule has 96 valence electrons. The Bertz CT molecular complexity index is 321. The van der Waals surface area contributed by atoms with Gasteiger partial charge in [-0.15, -0.1) is 0 Å². The minimum atomic E-state index is 0.580. The summed E-state index contributed by atoms with van der Waals surface area (Å²) in [5.74, 6) is 1.08. The zero-order valence-electron chi connectivity index (χ0n) is 11.5. The van der Waals surface area contributed by atoms with E-state index in [9.17, 15) is 0 Å². The van der Waals surface area contributed by atoms with Gasteiger partial charge in [0.25, 0.3) is 0 Å². The van der Waals surface area contributed by atoms with Crippen LogP contribution in [0.1, 0.15) is 39.2 Å². The van der Waals surface area contributed by atoms with E-state index in [1.165, 1.54) is 5.56 Å². The fraction of sp³-hybridized carbons (Fsp3) is 0.643. The molecule has 3 nitrogen and oxygen atoms in total. The van der Waals surface area contributed by atoms with Gasteiger partial charge in [-0.1, -0.05) is 20.8 Å². The lowest BCUT2D eigenvalue weighted by Gasteiger charge is -2.27. The summed E-state index contributed by atoms with van der Waals surface area (Å²) in [4.78, 5) is 6.75. The second-order valence-corrected chi connectivity index (χ2v) is 4.38. The van der Waals surface area contributed by atoms with E-state index in [4.69, 9.17) is 0 Å². The van der Waals surface area contributed by atoms with Gasteiger partial charge in [-0.25, -0.2) is 4.98 Å². The molecule has 0 spiro atoms. The van der Waals surface area contributed by atoms with Crippen molar-refractivity contribution in [2.45, 2.75) is 46.2 Å². The number of nitrogens with one attached hydrogen (secondary N) is 1. The average molecular weight is 235 g/mol. The molecule has 1 heterocycles. The third kappa shape index (κ3) is 4.00. The summed E-state index contributed by atoms with van der Waals surface area (Å²) in [6.45, 7) is 8.50. The smallest absolute Gasteiger partial charge is 0.128 e. The SMILES string of the molecule is CCNCc1ccnc(N(C)C(CC)CC)c1. The fourth-order valence-corrected chi connectivity index (χ4v) is 2.06. The first-order chi connectivity index (χ1) is 8.22. The van der Waals surface area contributed by atoms with Crippen molar-refractivity contribution in [2.75, 3.05) is 18.5 Å². The topological polar surface area (TPSA) is 28.2 Å². The van der Waals surface area contributed by atoms with E-state index in [-0.39, 0.29) is 0 Å². The predicted octanol–water partition coefficient (Wildman–Crippen LogP) is 2.82. The van der Waals surface area contributed by atoms with Gasteiger partial charge in [0.05, 0.1) is 0 Å². The zero-order valence-corrected chi connectivity index (χ0v) is 11.5. The maximum absolute atomic E-state index is 4.46. The minimum absolute atomic E-state index is 0.580. The van der Waals surface area contributed by atoms with E-state index in [1.54, 1.807) is 0 Å². The third-order valence-corrected chi connectivity index (χ3v) is 3.24. The van der Waals surface area contributed by atoms with Gasteiger partial charge in [0, 0.05) is 25.8 Å². The molecule has 1 N–H and O–H groups in total. The second-order valence-electron chi connectivity index (χ2n) is 4.38. The van der Waals surface area contributed by atoms with Gasteiger partial charge in [-0.2, -0.15) is 0 Å². The highest BCUT2D eigenvalue weighted by Gasteiger charge is 2.12. The molecule has 17 heavy (non-hydrogen) atoms. The summed E-state index contributed by atoms with van der Waals surface area (Å²) in [5.41, 5.74) is 1.30. The maximum Gasteiger partial charge on any atom is 0.128 e. The van der Waals surface area contributed by atoms with Crippen LogP contribution in [0.15, 0.2) is 18.3 Å². The van der Waals surface area contributed by atoms with E-state index < -0.39 is 0 Å². The molecule has 0 atom stereocenters. The molecule has 3 heteroatoms. The summed E-state index contributed by atoms with van der Waals surface area (Å²) >= 11 is 0. The van der Waals surface area contributed by atoms with Crippen molar-refractivity contribution >= 4 is 5.82 Å². The normalized spacial score (nSPS) is 10.9.